The quantitative estimate of drug-likeness (QED) is 0.547. The monoisotopic (exact) mass is 379 g/mol. The molecular formula is C20H14FN3O2S. The molecule has 134 valence electrons. The second-order valence-corrected chi connectivity index (χ2v) is 6.75. The average molecular weight is 379 g/mol. The second kappa shape index (κ2) is 7.13. The summed E-state index contributed by atoms with van der Waals surface area (Å²) in [4.78, 5) is 17.4. The van der Waals surface area contributed by atoms with Crippen molar-refractivity contribution in [1.29, 1.82) is 0 Å². The molecule has 0 fully saturated rings. The van der Waals surface area contributed by atoms with E-state index < -0.39 is 0 Å². The van der Waals surface area contributed by atoms with Crippen molar-refractivity contribution in [2.45, 2.75) is 0 Å². The number of thiazole rings is 1. The third-order valence-corrected chi connectivity index (χ3v) is 4.87. The number of hydrogen-bond acceptors (Lipinski definition) is 5. The van der Waals surface area contributed by atoms with E-state index in [0.717, 1.165) is 16.9 Å². The highest BCUT2D eigenvalue weighted by atomic mass is 32.1. The molecular weight excluding hydrogens is 365 g/mol. The molecule has 0 saturated heterocycles. The zero-order chi connectivity index (χ0) is 18.8. The molecule has 0 spiro atoms. The van der Waals surface area contributed by atoms with Gasteiger partial charge in [-0.3, -0.25) is 4.79 Å². The highest BCUT2D eigenvalue weighted by molar-refractivity contribution is 7.15. The molecule has 0 bridgehead atoms. The van der Waals surface area contributed by atoms with E-state index in [9.17, 15) is 9.18 Å². The number of hydrogen-bond donors (Lipinski definition) is 0. The van der Waals surface area contributed by atoms with Crippen molar-refractivity contribution in [3.63, 3.8) is 0 Å². The molecule has 0 unspecified atom stereocenters. The van der Waals surface area contributed by atoms with E-state index in [1.54, 1.807) is 31.4 Å². The van der Waals surface area contributed by atoms with Crippen LogP contribution in [0.3, 0.4) is 0 Å². The van der Waals surface area contributed by atoms with E-state index in [2.05, 4.69) is 10.1 Å². The maximum absolute atomic E-state index is 13.0. The van der Waals surface area contributed by atoms with Crippen molar-refractivity contribution < 1.29 is 9.13 Å². The number of halogens is 1. The molecule has 0 radical (unpaired) electrons. The molecule has 0 aliphatic rings. The van der Waals surface area contributed by atoms with Gasteiger partial charge in [0.15, 0.2) is 5.82 Å². The van der Waals surface area contributed by atoms with Crippen molar-refractivity contribution in [3.8, 4) is 5.75 Å². The highest BCUT2D eigenvalue weighted by Gasteiger charge is 2.08. The number of methoxy groups -OCH3 is 1. The summed E-state index contributed by atoms with van der Waals surface area (Å²) in [5.41, 5.74) is 1.48. The Bertz CT molecular complexity index is 1230. The number of rotatable bonds is 4. The summed E-state index contributed by atoms with van der Waals surface area (Å²) in [7, 11) is 1.62. The smallest absolute Gasteiger partial charge is 0.291 e. The molecule has 2 aromatic heterocycles. The molecule has 27 heavy (non-hydrogen) atoms. The lowest BCUT2D eigenvalue weighted by Gasteiger charge is -1.98. The van der Waals surface area contributed by atoms with Crippen molar-refractivity contribution in [2.24, 2.45) is 0 Å². The Morgan fingerprint density at radius 3 is 2.41 bits per heavy atom. The standard InChI is InChI=1S/C20H14FN3O2S/c1-26-16-9-4-13(5-10-16)6-11-18-22-20-24(23-18)19(25)17(27-20)12-14-2-7-15(21)8-3-14/h2-12H,1H3/b11-6+,17-12-. The van der Waals surface area contributed by atoms with Crippen LogP contribution in [0.5, 0.6) is 5.75 Å². The van der Waals surface area contributed by atoms with Gasteiger partial charge in [0.1, 0.15) is 11.6 Å². The zero-order valence-electron chi connectivity index (χ0n) is 14.3. The lowest BCUT2D eigenvalue weighted by atomic mass is 10.2. The van der Waals surface area contributed by atoms with E-state index in [-0.39, 0.29) is 11.4 Å². The summed E-state index contributed by atoms with van der Waals surface area (Å²) >= 11 is 1.25. The largest absolute Gasteiger partial charge is 0.497 e. The van der Waals surface area contributed by atoms with Crippen molar-refractivity contribution in [1.82, 2.24) is 14.6 Å². The van der Waals surface area contributed by atoms with Crippen LogP contribution < -0.4 is 14.8 Å². The molecule has 4 aromatic rings. The van der Waals surface area contributed by atoms with Crippen LogP contribution in [-0.2, 0) is 0 Å². The molecule has 0 saturated carbocycles. The zero-order valence-corrected chi connectivity index (χ0v) is 15.1. The van der Waals surface area contributed by atoms with Gasteiger partial charge in [-0.15, -0.1) is 5.10 Å². The minimum absolute atomic E-state index is 0.240. The third-order valence-electron chi connectivity index (χ3n) is 3.91. The molecule has 0 N–H and O–H groups in total. The summed E-state index contributed by atoms with van der Waals surface area (Å²) < 4.78 is 19.9. The molecule has 4 rings (SSSR count). The first kappa shape index (κ1) is 17.1. The van der Waals surface area contributed by atoms with Crippen LogP contribution in [0.1, 0.15) is 17.0 Å². The maximum Gasteiger partial charge on any atom is 0.291 e. The lowest BCUT2D eigenvalue weighted by Crippen LogP contribution is -2.23. The van der Waals surface area contributed by atoms with Gasteiger partial charge in [0.2, 0.25) is 4.96 Å². The molecule has 7 heteroatoms. The minimum Gasteiger partial charge on any atom is -0.497 e. The van der Waals surface area contributed by atoms with Crippen LogP contribution in [0.15, 0.2) is 53.3 Å². The maximum atomic E-state index is 13.0. The first-order valence-electron chi connectivity index (χ1n) is 8.11. The first-order valence-corrected chi connectivity index (χ1v) is 8.93. The molecule has 0 aliphatic carbocycles. The van der Waals surface area contributed by atoms with E-state index >= 15 is 0 Å². The number of ether oxygens (including phenoxy) is 1. The van der Waals surface area contributed by atoms with Crippen LogP contribution in [0.25, 0.3) is 23.2 Å². The Kier molecular flexibility index (Phi) is 4.52. The van der Waals surface area contributed by atoms with Gasteiger partial charge in [0.05, 0.1) is 11.6 Å². The normalized spacial score (nSPS) is 12.3. The van der Waals surface area contributed by atoms with E-state index in [1.165, 1.54) is 28.0 Å². The van der Waals surface area contributed by atoms with E-state index in [1.807, 2.05) is 30.3 Å². The van der Waals surface area contributed by atoms with Crippen LogP contribution >= 0.6 is 11.3 Å². The molecule has 2 heterocycles. The number of fused-ring (bicyclic) bond motifs is 1. The SMILES string of the molecule is COc1ccc(/C=C/c2nc3s/c(=C\c4ccc(F)cc4)c(=O)n3n2)cc1. The number of aromatic nitrogens is 3. The number of benzene rings is 2. The Morgan fingerprint density at radius 1 is 1.04 bits per heavy atom. The molecule has 5 nitrogen and oxygen atoms in total. The number of nitrogens with zero attached hydrogens (tertiary/aromatic N) is 3. The fourth-order valence-electron chi connectivity index (χ4n) is 2.52. The van der Waals surface area contributed by atoms with Crippen LogP contribution in [0, 0.1) is 5.82 Å². The fraction of sp³-hybridized carbons (Fsp3) is 0.0500. The van der Waals surface area contributed by atoms with Crippen LogP contribution in [0.2, 0.25) is 0 Å². The van der Waals surface area contributed by atoms with E-state index in [0.29, 0.717) is 15.3 Å². The summed E-state index contributed by atoms with van der Waals surface area (Å²) in [6, 6.07) is 13.5. The van der Waals surface area contributed by atoms with Crippen LogP contribution in [-0.4, -0.2) is 21.7 Å². The molecule has 2 aromatic carbocycles. The Hall–Kier alpha value is -3.32. The molecule has 0 amide bonds. The summed E-state index contributed by atoms with van der Waals surface area (Å²) in [6.45, 7) is 0. The minimum atomic E-state index is -0.314. The van der Waals surface area contributed by atoms with Gasteiger partial charge in [-0.1, -0.05) is 41.7 Å². The lowest BCUT2D eigenvalue weighted by molar-refractivity contribution is 0.415. The Morgan fingerprint density at radius 2 is 1.74 bits per heavy atom. The predicted octanol–water partition coefficient (Wildman–Crippen LogP) is 3.02. The van der Waals surface area contributed by atoms with Crippen molar-refractivity contribution in [2.75, 3.05) is 7.11 Å². The Labute approximate surface area is 157 Å². The predicted molar refractivity (Wildman–Crippen MR) is 104 cm³/mol. The van der Waals surface area contributed by atoms with E-state index in [4.69, 9.17) is 4.74 Å². The summed E-state index contributed by atoms with van der Waals surface area (Å²) in [5, 5.41) is 4.25. The summed E-state index contributed by atoms with van der Waals surface area (Å²) in [5.74, 6) is 0.932. The average Bonchev–Trinajstić information content (AvgIpc) is 3.21. The van der Waals surface area contributed by atoms with Gasteiger partial charge in [0.25, 0.3) is 5.56 Å². The second-order valence-electron chi connectivity index (χ2n) is 5.74. The molecule has 0 aliphatic heterocycles. The fourth-order valence-corrected chi connectivity index (χ4v) is 3.43. The highest BCUT2D eigenvalue weighted by Crippen LogP contribution is 2.13. The van der Waals surface area contributed by atoms with Gasteiger partial charge in [-0.05, 0) is 47.5 Å². The third kappa shape index (κ3) is 3.63. The van der Waals surface area contributed by atoms with Crippen molar-refractivity contribution >= 4 is 34.5 Å². The van der Waals surface area contributed by atoms with Gasteiger partial charge >= 0.3 is 0 Å². The van der Waals surface area contributed by atoms with Gasteiger partial charge in [0, 0.05) is 0 Å². The molecule has 0 atom stereocenters. The topological polar surface area (TPSA) is 56.5 Å². The first-order chi connectivity index (χ1) is 13.1. The van der Waals surface area contributed by atoms with Crippen molar-refractivity contribution in [3.05, 3.63) is 86.2 Å². The van der Waals surface area contributed by atoms with Crippen LogP contribution in [0.4, 0.5) is 4.39 Å². The van der Waals surface area contributed by atoms with Gasteiger partial charge < -0.3 is 4.74 Å². The summed E-state index contributed by atoms with van der Waals surface area (Å²) in [6.07, 6.45) is 5.33. The van der Waals surface area contributed by atoms with Gasteiger partial charge in [-0.2, -0.15) is 9.50 Å². The Balaban J connectivity index is 1.62. The van der Waals surface area contributed by atoms with Gasteiger partial charge in [-0.25, -0.2) is 4.39 Å².